The van der Waals surface area contributed by atoms with Crippen LogP contribution in [0, 0.1) is 0 Å². The normalized spacial score (nSPS) is 10.2. The second-order valence-corrected chi connectivity index (χ2v) is 5.49. The maximum Gasteiger partial charge on any atom is 0.252 e. The summed E-state index contributed by atoms with van der Waals surface area (Å²) in [5, 5.41) is 0.258. The van der Waals surface area contributed by atoms with Gasteiger partial charge in [-0.1, -0.05) is 0 Å². The number of nitrogens with zero attached hydrogens (tertiary/aromatic N) is 2. The molecule has 0 aliphatic heterocycles. The van der Waals surface area contributed by atoms with Crippen LogP contribution < -0.4 is 10.6 Å². The van der Waals surface area contributed by atoms with E-state index in [2.05, 4.69) is 9.97 Å². The lowest BCUT2D eigenvalue weighted by Gasteiger charge is -2.01. The van der Waals surface area contributed by atoms with E-state index in [0.29, 0.717) is 21.8 Å². The maximum atomic E-state index is 11.1. The zero-order chi connectivity index (χ0) is 13.8. The van der Waals surface area contributed by atoms with Gasteiger partial charge >= 0.3 is 0 Å². The first-order chi connectivity index (χ1) is 9.06. The average Bonchev–Trinajstić information content (AvgIpc) is 2.39. The van der Waals surface area contributed by atoms with Gasteiger partial charge < -0.3 is 0 Å². The predicted octanol–water partition coefficient (Wildman–Crippen LogP) is 0.890. The van der Waals surface area contributed by atoms with Crippen molar-refractivity contribution in [2.24, 2.45) is 0 Å². The van der Waals surface area contributed by atoms with Crippen LogP contribution in [0.5, 0.6) is 0 Å². The summed E-state index contributed by atoms with van der Waals surface area (Å²) in [5.74, 6) is 0. The molecule has 7 heteroatoms. The summed E-state index contributed by atoms with van der Waals surface area (Å²) in [5.41, 5.74) is 0.757. The van der Waals surface area contributed by atoms with E-state index in [0.717, 1.165) is 0 Å². The molecule has 2 heterocycles. The predicted molar refractivity (Wildman–Crippen MR) is 73.9 cm³/mol. The number of carbonyl (C=O) groups excluding carboxylic acids is 2. The minimum atomic E-state index is -0.536. The van der Waals surface area contributed by atoms with Gasteiger partial charge in [0.05, 0.1) is 0 Å². The first-order valence-electron chi connectivity index (χ1n) is 5.15. The third-order valence-electron chi connectivity index (χ3n) is 2.23. The monoisotopic (exact) mass is 308 g/mol. The van der Waals surface area contributed by atoms with Gasteiger partial charge in [-0.15, -0.1) is 0 Å². The molecule has 0 saturated heterocycles. The van der Waals surface area contributed by atoms with E-state index in [1.807, 2.05) is 0 Å². The van der Waals surface area contributed by atoms with Crippen molar-refractivity contribution < 1.29 is 9.59 Å². The minimum absolute atomic E-state index is 0.111. The molecular weight excluding hydrogens is 303 g/mol. The summed E-state index contributed by atoms with van der Waals surface area (Å²) >= 11 is 10.8. The molecule has 2 aromatic rings. The highest BCUT2D eigenvalue weighted by molar-refractivity contribution is 6.70. The number of hydrogen-bond donors (Lipinski definition) is 0. The Morgan fingerprint density at radius 3 is 1.68 bits per heavy atom. The fourth-order valence-electron chi connectivity index (χ4n) is 1.37. The lowest BCUT2D eigenvalue weighted by atomic mass is 10.3. The van der Waals surface area contributed by atoms with Crippen molar-refractivity contribution in [1.29, 1.82) is 0 Å². The molecule has 0 spiro atoms. The number of carbonyl (C=O) groups is 2. The Morgan fingerprint density at radius 2 is 1.32 bits per heavy atom. The van der Waals surface area contributed by atoms with Gasteiger partial charge in [0, 0.05) is 34.2 Å². The van der Waals surface area contributed by atoms with E-state index in [9.17, 15) is 9.59 Å². The number of aromatic nitrogens is 2. The third-order valence-corrected chi connectivity index (χ3v) is 3.73. The molecular formula is C12H6Cl2N2O2Si. The molecule has 2 rings (SSSR count). The summed E-state index contributed by atoms with van der Waals surface area (Å²) in [6, 6.07) is 6.28. The average molecular weight is 309 g/mol. The lowest BCUT2D eigenvalue weighted by molar-refractivity contribution is 0.107. The smallest absolute Gasteiger partial charge is 0.252 e. The number of pyridine rings is 2. The first kappa shape index (κ1) is 13.9. The quantitative estimate of drug-likeness (QED) is 0.622. The Hall–Kier alpha value is -1.56. The molecule has 0 saturated carbocycles. The Kier molecular flexibility index (Phi) is 4.42. The van der Waals surface area contributed by atoms with Gasteiger partial charge in [-0.05, 0) is 47.5 Å². The lowest BCUT2D eigenvalue weighted by Crippen LogP contribution is -2.32. The van der Waals surface area contributed by atoms with E-state index >= 15 is 0 Å². The zero-order valence-electron chi connectivity index (χ0n) is 9.43. The molecule has 0 fully saturated rings. The molecule has 0 unspecified atom stereocenters. The Labute approximate surface area is 121 Å². The molecule has 19 heavy (non-hydrogen) atoms. The number of hydrogen-bond acceptors (Lipinski definition) is 4. The fraction of sp³-hybridized carbons (Fsp3) is 0. The molecule has 0 N–H and O–H groups in total. The molecule has 0 aliphatic carbocycles. The molecule has 4 nitrogen and oxygen atoms in total. The molecule has 2 radical (unpaired) electrons. The van der Waals surface area contributed by atoms with Crippen LogP contribution >= 0.6 is 23.2 Å². The summed E-state index contributed by atoms with van der Waals surface area (Å²) < 4.78 is 0. The molecule has 0 amide bonds. The minimum Gasteiger partial charge on any atom is -0.276 e. The van der Waals surface area contributed by atoms with Crippen molar-refractivity contribution in [3.8, 4) is 0 Å². The molecule has 0 bridgehead atoms. The second-order valence-electron chi connectivity index (χ2n) is 3.53. The fourth-order valence-corrected chi connectivity index (χ4v) is 2.60. The van der Waals surface area contributed by atoms with Gasteiger partial charge in [-0.3, -0.25) is 19.6 Å². The zero-order valence-corrected chi connectivity index (χ0v) is 11.9. The van der Waals surface area contributed by atoms with Gasteiger partial charge in [-0.25, -0.2) is 0 Å². The summed E-state index contributed by atoms with van der Waals surface area (Å²) in [6.45, 7) is 0. The second kappa shape index (κ2) is 6.05. The van der Waals surface area contributed by atoms with Crippen molar-refractivity contribution in [2.45, 2.75) is 0 Å². The largest absolute Gasteiger partial charge is 0.276 e. The summed E-state index contributed by atoms with van der Waals surface area (Å²) in [7, 11) is 0.111. The van der Waals surface area contributed by atoms with Crippen molar-refractivity contribution in [3.05, 3.63) is 47.8 Å². The van der Waals surface area contributed by atoms with Crippen molar-refractivity contribution >= 4 is 53.8 Å². The van der Waals surface area contributed by atoms with Crippen molar-refractivity contribution in [1.82, 2.24) is 9.97 Å². The van der Waals surface area contributed by atoms with Crippen LogP contribution in [-0.2, 0) is 0 Å². The summed E-state index contributed by atoms with van der Waals surface area (Å²) in [4.78, 5) is 30.4. The van der Waals surface area contributed by atoms with E-state index in [1.165, 1.54) is 24.5 Å². The summed E-state index contributed by atoms with van der Waals surface area (Å²) in [6.07, 6.45) is 3.02. The van der Waals surface area contributed by atoms with Crippen molar-refractivity contribution in [2.75, 3.05) is 0 Å². The van der Waals surface area contributed by atoms with E-state index in [4.69, 9.17) is 23.2 Å². The first-order valence-corrected chi connectivity index (χ1v) is 6.90. The van der Waals surface area contributed by atoms with Gasteiger partial charge in [-0.2, -0.15) is 0 Å². The Bertz CT molecular complexity index is 594. The molecule has 0 atom stereocenters. The van der Waals surface area contributed by atoms with Gasteiger partial charge in [0.1, 0.15) is 0 Å². The van der Waals surface area contributed by atoms with Crippen LogP contribution in [0.4, 0.5) is 0 Å². The molecule has 0 aromatic carbocycles. The van der Waals surface area contributed by atoms with Crippen LogP contribution in [-0.4, -0.2) is 30.0 Å². The van der Waals surface area contributed by atoms with Gasteiger partial charge in [0.2, 0.25) is 0 Å². The molecule has 2 aromatic heterocycles. The maximum absolute atomic E-state index is 11.1. The topological polar surface area (TPSA) is 59.9 Å². The standard InChI is InChI=1S/C12H6Cl2N2O2Si/c13-11(17)7-1-3-15-9(5-7)19-10-6-8(12(14)18)2-4-16-10/h1-6H. The van der Waals surface area contributed by atoms with Crippen LogP contribution in [0.25, 0.3) is 0 Å². The van der Waals surface area contributed by atoms with Gasteiger partial charge in [0.15, 0.2) is 9.52 Å². The highest BCUT2D eigenvalue weighted by atomic mass is 35.5. The highest BCUT2D eigenvalue weighted by Gasteiger charge is 2.08. The molecule has 0 aliphatic rings. The van der Waals surface area contributed by atoms with Crippen LogP contribution in [0.3, 0.4) is 0 Å². The molecule has 94 valence electrons. The van der Waals surface area contributed by atoms with Crippen molar-refractivity contribution in [3.63, 3.8) is 0 Å². The van der Waals surface area contributed by atoms with Crippen LogP contribution in [0.1, 0.15) is 20.7 Å². The van der Waals surface area contributed by atoms with E-state index in [1.54, 1.807) is 12.1 Å². The number of halogens is 2. The van der Waals surface area contributed by atoms with Crippen LogP contribution in [0.15, 0.2) is 36.7 Å². The van der Waals surface area contributed by atoms with Crippen LogP contribution in [0.2, 0.25) is 0 Å². The SMILES string of the molecule is O=C(Cl)c1ccnc([Si]c2cc(C(=O)Cl)ccn2)c1. The van der Waals surface area contributed by atoms with E-state index < -0.39 is 10.5 Å². The van der Waals surface area contributed by atoms with E-state index in [-0.39, 0.29) is 9.52 Å². The Balaban J connectivity index is 2.26. The third kappa shape index (κ3) is 3.70. The van der Waals surface area contributed by atoms with Gasteiger partial charge in [0.25, 0.3) is 10.5 Å². The Morgan fingerprint density at radius 1 is 0.895 bits per heavy atom. The highest BCUT2D eigenvalue weighted by Crippen LogP contribution is 2.01. The number of rotatable bonds is 4.